The zero-order chi connectivity index (χ0) is 15.4. The second-order valence-corrected chi connectivity index (χ2v) is 4.89. The minimum atomic E-state index is -0.961. The maximum atomic E-state index is 12.0. The van der Waals surface area contributed by atoms with Gasteiger partial charge in [0.2, 0.25) is 5.89 Å². The Hall–Kier alpha value is -2.09. The second kappa shape index (κ2) is 6.57. The largest absolute Gasteiger partial charge is 0.481 e. The highest BCUT2D eigenvalue weighted by Crippen LogP contribution is 2.19. The first-order valence-corrected chi connectivity index (χ1v) is 6.77. The second-order valence-electron chi connectivity index (χ2n) is 4.89. The average molecular weight is 297 g/mol. The summed E-state index contributed by atoms with van der Waals surface area (Å²) in [4.78, 5) is 28.5. The lowest BCUT2D eigenvalue weighted by molar-refractivity contribution is -0.142. The highest BCUT2D eigenvalue weighted by Gasteiger charge is 2.38. The van der Waals surface area contributed by atoms with Crippen LogP contribution in [0, 0.1) is 5.92 Å². The number of hydrogen-bond acceptors (Lipinski definition) is 5. The molecule has 8 heteroatoms. The number of oxazole rings is 1. The number of aromatic nitrogens is 1. The average Bonchev–Trinajstić information content (AvgIpc) is 3.12. The standard InChI is InChI=1S/C13H19N3O5/c1-3-8-4-14-11(21-8)5-15-13(19)16(2)10-7-20-6-9(10)12(17)18/h4,9-10H,3,5-7H2,1-2H3,(H,15,19)(H,17,18). The monoisotopic (exact) mass is 297 g/mol. The summed E-state index contributed by atoms with van der Waals surface area (Å²) < 4.78 is 10.5. The summed E-state index contributed by atoms with van der Waals surface area (Å²) in [6.45, 7) is 2.45. The summed E-state index contributed by atoms with van der Waals surface area (Å²) in [5.41, 5.74) is 0. The predicted octanol–water partition coefficient (Wildman–Crippen LogP) is 0.478. The predicted molar refractivity (Wildman–Crippen MR) is 71.6 cm³/mol. The Bertz CT molecular complexity index is 516. The van der Waals surface area contributed by atoms with Crippen molar-refractivity contribution in [1.29, 1.82) is 0 Å². The fraction of sp³-hybridized carbons (Fsp3) is 0.615. The van der Waals surface area contributed by atoms with Crippen LogP contribution in [0.15, 0.2) is 10.6 Å². The van der Waals surface area contributed by atoms with Crippen LogP contribution < -0.4 is 5.32 Å². The third-order valence-corrected chi connectivity index (χ3v) is 3.53. The van der Waals surface area contributed by atoms with Crippen LogP contribution in [0.3, 0.4) is 0 Å². The number of aliphatic carboxylic acids is 1. The first-order valence-electron chi connectivity index (χ1n) is 6.77. The summed E-state index contributed by atoms with van der Waals surface area (Å²) >= 11 is 0. The van der Waals surface area contributed by atoms with Crippen LogP contribution in [-0.2, 0) is 22.5 Å². The van der Waals surface area contributed by atoms with E-state index in [1.165, 1.54) is 4.90 Å². The number of nitrogens with one attached hydrogen (secondary N) is 1. The van der Waals surface area contributed by atoms with Crippen molar-refractivity contribution in [1.82, 2.24) is 15.2 Å². The molecular weight excluding hydrogens is 278 g/mol. The van der Waals surface area contributed by atoms with Gasteiger partial charge in [0.1, 0.15) is 11.7 Å². The fourth-order valence-electron chi connectivity index (χ4n) is 2.18. The van der Waals surface area contributed by atoms with Gasteiger partial charge in [0.05, 0.1) is 32.0 Å². The maximum absolute atomic E-state index is 12.0. The van der Waals surface area contributed by atoms with Crippen LogP contribution >= 0.6 is 0 Å². The van der Waals surface area contributed by atoms with Crippen molar-refractivity contribution in [3.8, 4) is 0 Å². The minimum absolute atomic E-state index is 0.122. The van der Waals surface area contributed by atoms with Crippen LogP contribution in [0.2, 0.25) is 0 Å². The number of ether oxygens (including phenoxy) is 1. The molecule has 2 rings (SSSR count). The molecule has 0 radical (unpaired) electrons. The quantitative estimate of drug-likeness (QED) is 0.819. The van der Waals surface area contributed by atoms with E-state index in [1.54, 1.807) is 13.2 Å². The SMILES string of the molecule is CCc1cnc(CNC(=O)N(C)C2COCC2C(=O)O)o1. The van der Waals surface area contributed by atoms with E-state index in [9.17, 15) is 9.59 Å². The number of nitrogens with zero attached hydrogens (tertiary/aromatic N) is 2. The molecule has 0 spiro atoms. The molecule has 21 heavy (non-hydrogen) atoms. The van der Waals surface area contributed by atoms with Crippen molar-refractivity contribution in [2.75, 3.05) is 20.3 Å². The number of carbonyl (C=O) groups excluding carboxylic acids is 1. The topological polar surface area (TPSA) is 105 Å². The van der Waals surface area contributed by atoms with E-state index in [0.29, 0.717) is 5.89 Å². The van der Waals surface area contributed by atoms with E-state index in [0.717, 1.165) is 12.2 Å². The lowest BCUT2D eigenvalue weighted by Gasteiger charge is -2.26. The molecule has 1 aromatic heterocycles. The zero-order valence-corrected chi connectivity index (χ0v) is 12.0. The van der Waals surface area contributed by atoms with Crippen molar-refractivity contribution in [3.05, 3.63) is 17.8 Å². The van der Waals surface area contributed by atoms with Gasteiger partial charge in [-0.15, -0.1) is 0 Å². The summed E-state index contributed by atoms with van der Waals surface area (Å²) in [7, 11) is 1.55. The lowest BCUT2D eigenvalue weighted by Crippen LogP contribution is -2.48. The molecule has 0 aromatic carbocycles. The number of carbonyl (C=O) groups is 2. The van der Waals surface area contributed by atoms with E-state index in [-0.39, 0.29) is 25.8 Å². The van der Waals surface area contributed by atoms with Gasteiger partial charge in [-0.05, 0) is 0 Å². The van der Waals surface area contributed by atoms with E-state index in [1.807, 2.05) is 6.92 Å². The molecule has 2 amide bonds. The number of rotatable bonds is 5. The summed E-state index contributed by atoms with van der Waals surface area (Å²) in [5.74, 6) is -0.486. The van der Waals surface area contributed by atoms with Crippen molar-refractivity contribution < 1.29 is 23.8 Å². The molecule has 1 fully saturated rings. The molecule has 1 aliphatic heterocycles. The van der Waals surface area contributed by atoms with Gasteiger partial charge in [-0.25, -0.2) is 9.78 Å². The Balaban J connectivity index is 1.88. The summed E-state index contributed by atoms with van der Waals surface area (Å²) in [5, 5.41) is 11.7. The molecule has 0 bridgehead atoms. The normalized spacial score (nSPS) is 21.2. The molecule has 8 nitrogen and oxygen atoms in total. The number of carboxylic acid groups (broad SMARTS) is 1. The molecular formula is C13H19N3O5. The zero-order valence-electron chi connectivity index (χ0n) is 12.0. The number of carboxylic acids is 1. The van der Waals surface area contributed by atoms with E-state index >= 15 is 0 Å². The van der Waals surface area contributed by atoms with Crippen LogP contribution in [0.1, 0.15) is 18.6 Å². The Morgan fingerprint density at radius 2 is 2.29 bits per heavy atom. The van der Waals surface area contributed by atoms with Crippen molar-refractivity contribution in [3.63, 3.8) is 0 Å². The van der Waals surface area contributed by atoms with Gasteiger partial charge in [0.25, 0.3) is 0 Å². The van der Waals surface area contributed by atoms with Crippen LogP contribution in [0.25, 0.3) is 0 Å². The number of amides is 2. The fourth-order valence-corrected chi connectivity index (χ4v) is 2.18. The number of urea groups is 1. The number of aryl methyl sites for hydroxylation is 1. The molecule has 2 atom stereocenters. The molecule has 0 saturated carbocycles. The lowest BCUT2D eigenvalue weighted by atomic mass is 10.0. The third kappa shape index (κ3) is 3.52. The summed E-state index contributed by atoms with van der Waals surface area (Å²) in [6.07, 6.45) is 2.36. The van der Waals surface area contributed by atoms with Gasteiger partial charge in [-0.2, -0.15) is 0 Å². The highest BCUT2D eigenvalue weighted by atomic mass is 16.5. The van der Waals surface area contributed by atoms with Gasteiger partial charge in [-0.1, -0.05) is 6.92 Å². The molecule has 1 aliphatic rings. The van der Waals surface area contributed by atoms with Gasteiger partial charge in [-0.3, -0.25) is 4.79 Å². The van der Waals surface area contributed by atoms with Gasteiger partial charge in [0.15, 0.2) is 0 Å². The molecule has 2 N–H and O–H groups in total. The first-order chi connectivity index (χ1) is 10.0. The van der Waals surface area contributed by atoms with Crippen LogP contribution in [-0.4, -0.2) is 53.3 Å². The Morgan fingerprint density at radius 3 is 2.90 bits per heavy atom. The van der Waals surface area contributed by atoms with Crippen molar-refractivity contribution in [2.45, 2.75) is 25.9 Å². The van der Waals surface area contributed by atoms with E-state index in [2.05, 4.69) is 10.3 Å². The smallest absolute Gasteiger partial charge is 0.317 e. The van der Waals surface area contributed by atoms with Crippen LogP contribution in [0.4, 0.5) is 4.79 Å². The molecule has 0 aliphatic carbocycles. The maximum Gasteiger partial charge on any atom is 0.317 e. The van der Waals surface area contributed by atoms with E-state index < -0.39 is 17.9 Å². The van der Waals surface area contributed by atoms with Gasteiger partial charge >= 0.3 is 12.0 Å². The Morgan fingerprint density at radius 1 is 1.52 bits per heavy atom. The molecule has 1 aromatic rings. The first kappa shape index (κ1) is 15.3. The molecule has 1 saturated heterocycles. The molecule has 116 valence electrons. The molecule has 2 unspecified atom stereocenters. The van der Waals surface area contributed by atoms with Gasteiger partial charge in [0, 0.05) is 13.5 Å². The minimum Gasteiger partial charge on any atom is -0.481 e. The van der Waals surface area contributed by atoms with E-state index in [4.69, 9.17) is 14.3 Å². The summed E-state index contributed by atoms with van der Waals surface area (Å²) in [6, 6.07) is -0.855. The highest BCUT2D eigenvalue weighted by molar-refractivity contribution is 5.77. The Labute approximate surface area is 122 Å². The van der Waals surface area contributed by atoms with Crippen LogP contribution in [0.5, 0.6) is 0 Å². The van der Waals surface area contributed by atoms with Crippen molar-refractivity contribution in [2.24, 2.45) is 5.92 Å². The van der Waals surface area contributed by atoms with Crippen molar-refractivity contribution >= 4 is 12.0 Å². The van der Waals surface area contributed by atoms with Gasteiger partial charge < -0.3 is 24.5 Å². The molecule has 2 heterocycles. The number of hydrogen-bond donors (Lipinski definition) is 2. The third-order valence-electron chi connectivity index (χ3n) is 3.53. The Kier molecular flexibility index (Phi) is 4.79. The number of likely N-dealkylation sites (N-methyl/N-ethyl adjacent to an activating group) is 1.